The summed E-state index contributed by atoms with van der Waals surface area (Å²) >= 11 is 0. The molecule has 1 aromatic heterocycles. The van der Waals surface area contributed by atoms with Gasteiger partial charge in [0, 0.05) is 62.2 Å². The van der Waals surface area contributed by atoms with Crippen molar-refractivity contribution in [1.82, 2.24) is 9.88 Å². The number of nitrogens with one attached hydrogen (secondary N) is 1. The van der Waals surface area contributed by atoms with Gasteiger partial charge in [-0.1, -0.05) is 170 Å². The first-order valence-electron chi connectivity index (χ1n) is 24.0. The lowest BCUT2D eigenvalue weighted by Crippen LogP contribution is -2.31. The fraction of sp³-hybridized carbons (Fsp3) is 0.127. The third kappa shape index (κ3) is 6.02. The van der Waals surface area contributed by atoms with Crippen molar-refractivity contribution in [2.45, 2.75) is 38.3 Å². The van der Waals surface area contributed by atoms with Gasteiger partial charge in [-0.25, -0.2) is 0 Å². The third-order valence-electron chi connectivity index (χ3n) is 15.3. The van der Waals surface area contributed by atoms with E-state index in [4.69, 9.17) is 4.99 Å². The van der Waals surface area contributed by atoms with Crippen LogP contribution in [0.25, 0.3) is 60.7 Å². The van der Waals surface area contributed by atoms with E-state index in [1.54, 1.807) is 0 Å². The first-order chi connectivity index (χ1) is 33.1. The Kier molecular flexibility index (Phi) is 8.61. The molecule has 320 valence electrons. The maximum absolute atomic E-state index is 5.43. The van der Waals surface area contributed by atoms with Crippen LogP contribution in [0.3, 0.4) is 0 Å². The minimum absolute atomic E-state index is 0.125. The van der Waals surface area contributed by atoms with E-state index in [0.29, 0.717) is 5.92 Å². The summed E-state index contributed by atoms with van der Waals surface area (Å²) in [6, 6.07) is 53.4. The maximum Gasteiger partial charge on any atom is 0.133 e. The second-order valence-corrected chi connectivity index (χ2v) is 19.0. The Hall–Kier alpha value is -7.95. The largest absolute Gasteiger partial charge is 0.339 e. The van der Waals surface area contributed by atoms with E-state index in [1.807, 2.05) is 0 Å². The molecule has 1 saturated heterocycles. The Morgan fingerprint density at radius 2 is 1.48 bits per heavy atom. The molecule has 0 amide bonds. The maximum atomic E-state index is 5.43. The minimum Gasteiger partial charge on any atom is -0.339 e. The van der Waals surface area contributed by atoms with Gasteiger partial charge in [0.2, 0.25) is 0 Å². The highest BCUT2D eigenvalue weighted by Crippen LogP contribution is 2.51. The number of aromatic nitrogens is 1. The van der Waals surface area contributed by atoms with Crippen molar-refractivity contribution in [1.29, 1.82) is 0 Å². The SMILES string of the molecule is CC1=C(c2cccc3ccc(N4C5=CC6=CC=C(n7c8c(c9ccc%10ccccc%10c97)CCC=C8)CC6C=C5C5C=CC=CC54)cc23)NC(c2ccc3ccccc3c2)=NC1c1ccccc1. The number of benzene rings is 7. The zero-order valence-corrected chi connectivity index (χ0v) is 37.4. The molecule has 0 radical (unpaired) electrons. The fourth-order valence-electron chi connectivity index (χ4n) is 12.1. The van der Waals surface area contributed by atoms with E-state index < -0.39 is 0 Å². The highest BCUT2D eigenvalue weighted by atomic mass is 15.2. The van der Waals surface area contributed by atoms with Crippen LogP contribution >= 0.6 is 0 Å². The molecule has 0 bridgehead atoms. The van der Waals surface area contributed by atoms with Crippen molar-refractivity contribution in [3.05, 3.63) is 251 Å². The number of aliphatic imine (C=N–C) groups is 1. The number of hydrogen-bond acceptors (Lipinski definition) is 3. The highest BCUT2D eigenvalue weighted by molar-refractivity contribution is 6.11. The van der Waals surface area contributed by atoms with Crippen molar-refractivity contribution in [3.8, 4) is 0 Å². The molecule has 14 rings (SSSR count). The molecule has 1 fully saturated rings. The molecule has 0 saturated carbocycles. The minimum atomic E-state index is -0.125. The number of nitrogens with zero attached hydrogens (tertiary/aromatic N) is 3. The number of rotatable bonds is 5. The van der Waals surface area contributed by atoms with Gasteiger partial charge < -0.3 is 14.8 Å². The van der Waals surface area contributed by atoms with Gasteiger partial charge >= 0.3 is 0 Å². The van der Waals surface area contributed by atoms with Gasteiger partial charge in [0.1, 0.15) is 11.9 Å². The zero-order chi connectivity index (χ0) is 44.2. The van der Waals surface area contributed by atoms with Crippen molar-refractivity contribution in [2.75, 3.05) is 4.90 Å². The van der Waals surface area contributed by atoms with Crippen LogP contribution in [0, 0.1) is 11.8 Å². The molecule has 3 heterocycles. The molecule has 2 aliphatic heterocycles. The normalized spacial score (nSPS) is 21.6. The molecule has 8 aromatic rings. The molecule has 6 aliphatic rings. The van der Waals surface area contributed by atoms with Crippen LogP contribution < -0.4 is 10.2 Å². The van der Waals surface area contributed by atoms with Crippen molar-refractivity contribution in [2.24, 2.45) is 16.8 Å². The number of aryl methyl sites for hydroxylation is 1. The third-order valence-corrected chi connectivity index (χ3v) is 15.3. The number of anilines is 1. The molecule has 4 nitrogen and oxygen atoms in total. The van der Waals surface area contributed by atoms with Gasteiger partial charge in [0.25, 0.3) is 0 Å². The first-order valence-corrected chi connectivity index (χ1v) is 24.0. The van der Waals surface area contributed by atoms with E-state index in [0.717, 1.165) is 36.4 Å². The average Bonchev–Trinajstić information content (AvgIpc) is 3.90. The lowest BCUT2D eigenvalue weighted by Gasteiger charge is -2.31. The standard InChI is InChI=1S/C63H48N4/c1-39-60(43-16-3-2-4-17-43)64-63(46-27-26-40-14-5-6-18-44(40)34-46)65-61(39)53-23-13-19-42-28-31-49(38-55(42)53)66-57-24-11-10-22-52(57)56-36-47-35-48(32-29-45(47)37-59(56)66)67-58-25-12-9-21-51(58)54-33-30-41-15-7-8-20-50(41)62(54)67/h2-8,10-20,22-34,36-38,47,52,57,60H,9,21,35H2,1H3,(H,64,65). The summed E-state index contributed by atoms with van der Waals surface area (Å²) in [6.07, 6.45) is 27.1. The first kappa shape index (κ1) is 38.3. The Morgan fingerprint density at radius 3 is 2.40 bits per heavy atom. The Bertz CT molecular complexity index is 3730. The Balaban J connectivity index is 0.877. The summed E-state index contributed by atoms with van der Waals surface area (Å²) in [5.41, 5.74) is 16.6. The van der Waals surface area contributed by atoms with Gasteiger partial charge in [-0.3, -0.25) is 4.99 Å². The quantitative estimate of drug-likeness (QED) is 0.187. The summed E-state index contributed by atoms with van der Waals surface area (Å²) in [7, 11) is 0. The molecule has 4 atom stereocenters. The van der Waals surface area contributed by atoms with Crippen LogP contribution in [0.1, 0.15) is 53.8 Å². The summed E-state index contributed by atoms with van der Waals surface area (Å²) in [6.45, 7) is 2.25. The van der Waals surface area contributed by atoms with Gasteiger partial charge in [0.15, 0.2) is 0 Å². The van der Waals surface area contributed by atoms with E-state index in [9.17, 15) is 0 Å². The second kappa shape index (κ2) is 15.0. The molecule has 4 aliphatic carbocycles. The number of hydrogen-bond donors (Lipinski definition) is 1. The molecule has 67 heavy (non-hydrogen) atoms. The van der Waals surface area contributed by atoms with E-state index >= 15 is 0 Å². The van der Waals surface area contributed by atoms with E-state index in [2.05, 4.69) is 228 Å². The van der Waals surface area contributed by atoms with Crippen LogP contribution in [0.4, 0.5) is 5.69 Å². The smallest absolute Gasteiger partial charge is 0.133 e. The van der Waals surface area contributed by atoms with Crippen molar-refractivity contribution in [3.63, 3.8) is 0 Å². The van der Waals surface area contributed by atoms with Gasteiger partial charge in [-0.05, 0) is 117 Å². The summed E-state index contributed by atoms with van der Waals surface area (Å²) in [5, 5.41) is 12.8. The Labute approximate surface area is 391 Å². The molecule has 0 spiro atoms. The van der Waals surface area contributed by atoms with Crippen LogP contribution in [-0.2, 0) is 6.42 Å². The number of fused-ring (bicyclic) bond motifs is 11. The van der Waals surface area contributed by atoms with Gasteiger partial charge in [-0.2, -0.15) is 0 Å². The molecule has 4 heteroatoms. The van der Waals surface area contributed by atoms with Crippen molar-refractivity contribution >= 4 is 72.2 Å². The predicted octanol–water partition coefficient (Wildman–Crippen LogP) is 14.8. The lowest BCUT2D eigenvalue weighted by atomic mass is 9.80. The van der Waals surface area contributed by atoms with Crippen LogP contribution in [-0.4, -0.2) is 16.4 Å². The van der Waals surface area contributed by atoms with E-state index in [-0.39, 0.29) is 18.0 Å². The second-order valence-electron chi connectivity index (χ2n) is 19.0. The lowest BCUT2D eigenvalue weighted by molar-refractivity contribution is 0.692. The average molecular weight is 861 g/mol. The molecule has 1 N–H and O–H groups in total. The van der Waals surface area contributed by atoms with Crippen molar-refractivity contribution < 1.29 is 0 Å². The predicted molar refractivity (Wildman–Crippen MR) is 281 cm³/mol. The molecular weight excluding hydrogens is 813 g/mol. The van der Waals surface area contributed by atoms with Crippen LogP contribution in [0.5, 0.6) is 0 Å². The van der Waals surface area contributed by atoms with Crippen LogP contribution in [0.2, 0.25) is 0 Å². The summed E-state index contributed by atoms with van der Waals surface area (Å²) < 4.78 is 2.60. The van der Waals surface area contributed by atoms with E-state index in [1.165, 1.54) is 99.4 Å². The van der Waals surface area contributed by atoms with Gasteiger partial charge in [0.05, 0.1) is 11.6 Å². The molecule has 7 aromatic carbocycles. The Morgan fingerprint density at radius 1 is 0.687 bits per heavy atom. The number of amidine groups is 1. The fourth-order valence-corrected chi connectivity index (χ4v) is 12.1. The summed E-state index contributed by atoms with van der Waals surface area (Å²) in [4.78, 5) is 8.04. The summed E-state index contributed by atoms with van der Waals surface area (Å²) in [5.74, 6) is 1.45. The zero-order valence-electron chi connectivity index (χ0n) is 37.4. The monoisotopic (exact) mass is 860 g/mol. The highest BCUT2D eigenvalue weighted by Gasteiger charge is 2.43. The number of allylic oxidation sites excluding steroid dienone is 10. The van der Waals surface area contributed by atoms with Crippen LogP contribution in [0.15, 0.2) is 228 Å². The van der Waals surface area contributed by atoms with Gasteiger partial charge in [-0.15, -0.1) is 0 Å². The topological polar surface area (TPSA) is 32.6 Å². The molecular formula is C63H48N4. The molecule has 4 unspecified atom stereocenters.